The first-order valence-corrected chi connectivity index (χ1v) is 10.3. The fourth-order valence-electron chi connectivity index (χ4n) is 3.89. The van der Waals surface area contributed by atoms with Crippen molar-refractivity contribution in [1.82, 2.24) is 29.5 Å². The molecule has 0 amide bonds. The monoisotopic (exact) mass is 433 g/mol. The maximum atomic E-state index is 14.8. The summed E-state index contributed by atoms with van der Waals surface area (Å²) in [6.45, 7) is 0.391. The molecule has 164 valence electrons. The number of hydrogen-bond acceptors (Lipinski definition) is 6. The minimum absolute atomic E-state index is 0.102. The summed E-state index contributed by atoms with van der Waals surface area (Å²) in [6.07, 6.45) is 9.23. The van der Waals surface area contributed by atoms with Gasteiger partial charge in [-0.05, 0) is 11.6 Å². The Morgan fingerprint density at radius 3 is 2.31 bits per heavy atom. The van der Waals surface area contributed by atoms with E-state index in [2.05, 4.69) is 15.2 Å². The van der Waals surface area contributed by atoms with Crippen molar-refractivity contribution in [1.29, 1.82) is 0 Å². The molecule has 8 nitrogen and oxygen atoms in total. The van der Waals surface area contributed by atoms with E-state index >= 15 is 0 Å². The standard InChI is InChI=1S/C23H24FN7O/c1-29(13-23(24)14-32-15-23)22-20(19-9-27-31(3)12-19)10-25-21(28-22)17-6-4-5-16(7-17)18-8-26-30(2)11-18/h4-12H,13-15H2,1-3H3. The Balaban J connectivity index is 1.55. The molecular formula is C23H24FN7O. The molecule has 0 unspecified atom stereocenters. The molecule has 1 fully saturated rings. The molecule has 5 rings (SSSR count). The van der Waals surface area contributed by atoms with Crippen LogP contribution in [0.5, 0.6) is 0 Å². The van der Waals surface area contributed by atoms with Crippen LogP contribution >= 0.6 is 0 Å². The largest absolute Gasteiger partial charge is 0.374 e. The fraction of sp³-hybridized carbons (Fsp3) is 0.304. The molecule has 1 aromatic carbocycles. The van der Waals surface area contributed by atoms with Gasteiger partial charge in [-0.25, -0.2) is 14.4 Å². The molecule has 32 heavy (non-hydrogen) atoms. The van der Waals surface area contributed by atoms with E-state index in [-0.39, 0.29) is 19.8 Å². The molecule has 4 heterocycles. The number of hydrogen-bond donors (Lipinski definition) is 0. The predicted octanol–water partition coefficient (Wildman–Crippen LogP) is 3.12. The van der Waals surface area contributed by atoms with E-state index in [4.69, 9.17) is 9.72 Å². The van der Waals surface area contributed by atoms with Gasteiger partial charge in [0.15, 0.2) is 11.5 Å². The van der Waals surface area contributed by atoms with Crippen LogP contribution in [0.15, 0.2) is 55.2 Å². The van der Waals surface area contributed by atoms with Crippen LogP contribution in [0.1, 0.15) is 0 Å². The molecule has 0 radical (unpaired) electrons. The quantitative estimate of drug-likeness (QED) is 0.465. The molecule has 0 aliphatic carbocycles. The molecule has 0 spiro atoms. The van der Waals surface area contributed by atoms with Crippen LogP contribution in [0.4, 0.5) is 10.2 Å². The van der Waals surface area contributed by atoms with Gasteiger partial charge in [0.05, 0.1) is 32.2 Å². The molecule has 3 aromatic heterocycles. The number of rotatable bonds is 6. The van der Waals surface area contributed by atoms with Crippen LogP contribution < -0.4 is 4.90 Å². The SMILES string of the molecule is CN(CC1(F)COC1)c1nc(-c2cccc(-c3cnn(C)c3)c2)ncc1-c1cnn(C)c1. The summed E-state index contributed by atoms with van der Waals surface area (Å²) >= 11 is 0. The van der Waals surface area contributed by atoms with Crippen LogP contribution in [-0.2, 0) is 18.8 Å². The van der Waals surface area contributed by atoms with Gasteiger partial charge in [0.25, 0.3) is 0 Å². The summed E-state index contributed by atoms with van der Waals surface area (Å²) < 4.78 is 23.4. The van der Waals surface area contributed by atoms with Gasteiger partial charge in [-0.3, -0.25) is 9.36 Å². The van der Waals surface area contributed by atoms with Crippen molar-refractivity contribution in [2.24, 2.45) is 14.1 Å². The lowest BCUT2D eigenvalue weighted by Crippen LogP contribution is -2.53. The highest BCUT2D eigenvalue weighted by Gasteiger charge is 2.40. The Kier molecular flexibility index (Phi) is 4.97. The molecule has 1 saturated heterocycles. The third-order valence-corrected chi connectivity index (χ3v) is 5.55. The third-order valence-electron chi connectivity index (χ3n) is 5.55. The fourth-order valence-corrected chi connectivity index (χ4v) is 3.89. The summed E-state index contributed by atoms with van der Waals surface area (Å²) in [5, 5.41) is 8.52. The first kappa shape index (κ1) is 20.3. The van der Waals surface area contributed by atoms with Gasteiger partial charge in [-0.15, -0.1) is 0 Å². The Labute approximate surface area is 185 Å². The Morgan fingerprint density at radius 1 is 1.00 bits per heavy atom. The van der Waals surface area contributed by atoms with Crippen LogP contribution in [0, 0.1) is 0 Å². The van der Waals surface area contributed by atoms with E-state index in [1.807, 2.05) is 68.9 Å². The number of benzene rings is 1. The van der Waals surface area contributed by atoms with E-state index in [1.165, 1.54) is 0 Å². The Hall–Kier alpha value is -3.59. The van der Waals surface area contributed by atoms with Crippen LogP contribution in [-0.4, -0.2) is 62.0 Å². The molecule has 0 N–H and O–H groups in total. The number of alkyl halides is 1. The van der Waals surface area contributed by atoms with Gasteiger partial charge in [-0.1, -0.05) is 18.2 Å². The van der Waals surface area contributed by atoms with Crippen LogP contribution in [0.3, 0.4) is 0 Å². The molecule has 4 aromatic rings. The lowest BCUT2D eigenvalue weighted by atomic mass is 10.0. The normalized spacial score (nSPS) is 14.9. The molecular weight excluding hydrogens is 409 g/mol. The lowest BCUT2D eigenvalue weighted by molar-refractivity contribution is -0.123. The van der Waals surface area contributed by atoms with Crippen molar-refractivity contribution >= 4 is 5.82 Å². The molecule has 1 aliphatic heterocycles. The number of aryl methyl sites for hydroxylation is 2. The topological polar surface area (TPSA) is 73.9 Å². The van der Waals surface area contributed by atoms with E-state index in [0.717, 1.165) is 27.8 Å². The van der Waals surface area contributed by atoms with E-state index in [9.17, 15) is 4.39 Å². The molecule has 1 aliphatic rings. The van der Waals surface area contributed by atoms with Gasteiger partial charge in [0, 0.05) is 62.0 Å². The number of ether oxygens (including phenoxy) is 1. The summed E-state index contributed by atoms with van der Waals surface area (Å²) in [7, 11) is 5.59. The van der Waals surface area contributed by atoms with Gasteiger partial charge < -0.3 is 9.64 Å². The van der Waals surface area contributed by atoms with E-state index in [1.54, 1.807) is 21.8 Å². The highest BCUT2D eigenvalue weighted by atomic mass is 19.1. The summed E-state index contributed by atoms with van der Waals surface area (Å²) in [4.78, 5) is 11.3. The molecule has 0 atom stereocenters. The van der Waals surface area contributed by atoms with Crippen LogP contribution in [0.2, 0.25) is 0 Å². The first-order chi connectivity index (χ1) is 15.4. The van der Waals surface area contributed by atoms with Gasteiger partial charge in [0.2, 0.25) is 0 Å². The minimum atomic E-state index is -1.37. The summed E-state index contributed by atoms with van der Waals surface area (Å²) in [5.41, 5.74) is 3.23. The number of aromatic nitrogens is 6. The third kappa shape index (κ3) is 3.87. The Morgan fingerprint density at radius 2 is 1.69 bits per heavy atom. The average Bonchev–Trinajstić information content (AvgIpc) is 3.40. The number of anilines is 1. The van der Waals surface area contributed by atoms with Gasteiger partial charge in [0.1, 0.15) is 5.82 Å². The zero-order valence-corrected chi connectivity index (χ0v) is 18.2. The zero-order chi connectivity index (χ0) is 22.3. The highest BCUT2D eigenvalue weighted by Crippen LogP contribution is 2.33. The number of nitrogens with zero attached hydrogens (tertiary/aromatic N) is 7. The molecule has 0 bridgehead atoms. The van der Waals surface area contributed by atoms with Crippen LogP contribution in [0.25, 0.3) is 33.6 Å². The predicted molar refractivity (Wildman–Crippen MR) is 120 cm³/mol. The smallest absolute Gasteiger partial charge is 0.174 e. The van der Waals surface area contributed by atoms with Crippen molar-refractivity contribution in [3.05, 3.63) is 55.2 Å². The second-order valence-electron chi connectivity index (χ2n) is 8.32. The second kappa shape index (κ2) is 7.83. The van der Waals surface area contributed by atoms with Crippen molar-refractivity contribution in [3.63, 3.8) is 0 Å². The maximum Gasteiger partial charge on any atom is 0.174 e. The zero-order valence-electron chi connectivity index (χ0n) is 18.2. The molecule has 0 saturated carbocycles. The van der Waals surface area contributed by atoms with Crippen molar-refractivity contribution in [2.45, 2.75) is 5.67 Å². The first-order valence-electron chi connectivity index (χ1n) is 10.3. The maximum absolute atomic E-state index is 14.8. The van der Waals surface area contributed by atoms with Crippen molar-refractivity contribution in [3.8, 4) is 33.6 Å². The summed E-state index contributed by atoms with van der Waals surface area (Å²) in [6, 6.07) is 8.01. The second-order valence-corrected chi connectivity index (χ2v) is 8.32. The lowest BCUT2D eigenvalue weighted by Gasteiger charge is -2.37. The van der Waals surface area contributed by atoms with Gasteiger partial charge >= 0.3 is 0 Å². The highest BCUT2D eigenvalue weighted by molar-refractivity contribution is 5.77. The number of halogens is 1. The molecule has 9 heteroatoms. The summed E-state index contributed by atoms with van der Waals surface area (Å²) in [5.74, 6) is 1.22. The Bertz CT molecular complexity index is 1260. The minimum Gasteiger partial charge on any atom is -0.374 e. The van der Waals surface area contributed by atoms with Crippen molar-refractivity contribution < 1.29 is 9.13 Å². The average molecular weight is 433 g/mol. The van der Waals surface area contributed by atoms with E-state index < -0.39 is 5.67 Å². The van der Waals surface area contributed by atoms with Crippen molar-refractivity contribution in [2.75, 3.05) is 31.7 Å². The van der Waals surface area contributed by atoms with Gasteiger partial charge in [-0.2, -0.15) is 10.2 Å². The van der Waals surface area contributed by atoms with E-state index in [0.29, 0.717) is 11.6 Å².